The molecule has 0 heterocycles. The molecule has 0 amide bonds. The summed E-state index contributed by atoms with van der Waals surface area (Å²) in [6, 6.07) is 0.871. The lowest BCUT2D eigenvalue weighted by atomic mass is 9.82. The Morgan fingerprint density at radius 2 is 1.82 bits per heavy atom. The van der Waals surface area contributed by atoms with Crippen LogP contribution in [0.4, 0.5) is 0 Å². The summed E-state index contributed by atoms with van der Waals surface area (Å²) in [6.07, 6.45) is 10.7. The van der Waals surface area contributed by atoms with Gasteiger partial charge in [0.1, 0.15) is 0 Å². The minimum atomic E-state index is 0.137. The average Bonchev–Trinajstić information content (AvgIpc) is 3.08. The first kappa shape index (κ1) is 13.4. The van der Waals surface area contributed by atoms with E-state index in [-0.39, 0.29) is 5.54 Å². The zero-order valence-electron chi connectivity index (χ0n) is 11.8. The van der Waals surface area contributed by atoms with Gasteiger partial charge in [0, 0.05) is 18.1 Å². The molecule has 0 aromatic heterocycles. The van der Waals surface area contributed by atoms with Gasteiger partial charge in [-0.3, -0.25) is 4.90 Å². The minimum absolute atomic E-state index is 0.137. The minimum Gasteiger partial charge on any atom is -0.324 e. The molecule has 2 aliphatic rings. The molecular weight excluding hydrogens is 208 g/mol. The molecule has 0 bridgehead atoms. The van der Waals surface area contributed by atoms with Crippen LogP contribution >= 0.6 is 0 Å². The summed E-state index contributed by atoms with van der Waals surface area (Å²) in [7, 11) is 0. The van der Waals surface area contributed by atoms with Gasteiger partial charge in [0.05, 0.1) is 0 Å². The Kier molecular flexibility index (Phi) is 4.48. The molecule has 0 atom stereocenters. The van der Waals surface area contributed by atoms with Crippen molar-refractivity contribution in [3.8, 4) is 0 Å². The van der Waals surface area contributed by atoms with Gasteiger partial charge in [-0.2, -0.15) is 0 Å². The van der Waals surface area contributed by atoms with Gasteiger partial charge in [-0.25, -0.2) is 0 Å². The van der Waals surface area contributed by atoms with Gasteiger partial charge in [-0.05, 0) is 44.6 Å². The standard InChI is InChI=1S/C15H30N2/c1-13(2)8-11-17(14-6-7-14)12-15(16)9-4-3-5-10-15/h13-14H,3-12,16H2,1-2H3. The Hall–Kier alpha value is -0.0800. The maximum Gasteiger partial charge on any atom is 0.0283 e. The first-order valence-corrected chi connectivity index (χ1v) is 7.62. The van der Waals surface area contributed by atoms with Crippen molar-refractivity contribution >= 4 is 0 Å². The van der Waals surface area contributed by atoms with Gasteiger partial charge in [0.25, 0.3) is 0 Å². The highest BCUT2D eigenvalue weighted by molar-refractivity contribution is 4.94. The number of nitrogens with zero attached hydrogens (tertiary/aromatic N) is 1. The Morgan fingerprint density at radius 1 is 1.18 bits per heavy atom. The van der Waals surface area contributed by atoms with E-state index in [1.54, 1.807) is 0 Å². The van der Waals surface area contributed by atoms with E-state index in [2.05, 4.69) is 18.7 Å². The molecule has 0 spiro atoms. The molecule has 0 radical (unpaired) electrons. The van der Waals surface area contributed by atoms with Crippen LogP contribution in [0.3, 0.4) is 0 Å². The second-order valence-corrected chi connectivity index (χ2v) is 6.81. The van der Waals surface area contributed by atoms with Crippen molar-refractivity contribution in [2.24, 2.45) is 11.7 Å². The van der Waals surface area contributed by atoms with Crippen molar-refractivity contribution in [1.29, 1.82) is 0 Å². The Bertz CT molecular complexity index is 227. The molecule has 17 heavy (non-hydrogen) atoms. The van der Waals surface area contributed by atoms with Crippen LogP contribution in [0, 0.1) is 5.92 Å². The number of rotatable bonds is 6. The largest absolute Gasteiger partial charge is 0.324 e. The van der Waals surface area contributed by atoms with E-state index in [0.717, 1.165) is 18.5 Å². The van der Waals surface area contributed by atoms with Gasteiger partial charge in [-0.15, -0.1) is 0 Å². The highest BCUT2D eigenvalue weighted by Crippen LogP contribution is 2.32. The Morgan fingerprint density at radius 3 is 2.35 bits per heavy atom. The molecule has 0 saturated heterocycles. The fourth-order valence-corrected chi connectivity index (χ4v) is 3.07. The molecule has 0 aromatic rings. The highest BCUT2D eigenvalue weighted by Gasteiger charge is 2.35. The summed E-state index contributed by atoms with van der Waals surface area (Å²) >= 11 is 0. The van der Waals surface area contributed by atoms with Crippen LogP contribution in [0.5, 0.6) is 0 Å². The third-order valence-electron chi connectivity index (χ3n) is 4.42. The van der Waals surface area contributed by atoms with Crippen LogP contribution in [-0.4, -0.2) is 29.6 Å². The smallest absolute Gasteiger partial charge is 0.0283 e. The summed E-state index contributed by atoms with van der Waals surface area (Å²) in [4.78, 5) is 2.70. The van der Waals surface area contributed by atoms with Crippen LogP contribution in [0.15, 0.2) is 0 Å². The van der Waals surface area contributed by atoms with Crippen LogP contribution < -0.4 is 5.73 Å². The quantitative estimate of drug-likeness (QED) is 0.770. The van der Waals surface area contributed by atoms with E-state index >= 15 is 0 Å². The Balaban J connectivity index is 1.83. The van der Waals surface area contributed by atoms with E-state index < -0.39 is 0 Å². The van der Waals surface area contributed by atoms with Gasteiger partial charge in [0.15, 0.2) is 0 Å². The zero-order valence-corrected chi connectivity index (χ0v) is 11.8. The van der Waals surface area contributed by atoms with E-state index in [1.807, 2.05) is 0 Å². The predicted molar refractivity (Wildman–Crippen MR) is 74.1 cm³/mol. The molecule has 0 aliphatic heterocycles. The second-order valence-electron chi connectivity index (χ2n) is 6.81. The number of hydrogen-bond donors (Lipinski definition) is 1. The van der Waals surface area contributed by atoms with E-state index in [1.165, 1.54) is 57.9 Å². The number of hydrogen-bond acceptors (Lipinski definition) is 2. The maximum absolute atomic E-state index is 6.59. The van der Waals surface area contributed by atoms with Gasteiger partial charge in [-0.1, -0.05) is 33.1 Å². The van der Waals surface area contributed by atoms with Crippen LogP contribution in [0.2, 0.25) is 0 Å². The highest BCUT2D eigenvalue weighted by atomic mass is 15.2. The molecule has 0 aromatic carbocycles. The van der Waals surface area contributed by atoms with E-state index in [0.29, 0.717) is 0 Å². The summed E-state index contributed by atoms with van der Waals surface area (Å²) in [5.41, 5.74) is 6.73. The third-order valence-corrected chi connectivity index (χ3v) is 4.42. The SMILES string of the molecule is CC(C)CCN(CC1(N)CCCCC1)C1CC1. The summed E-state index contributed by atoms with van der Waals surface area (Å²) in [5, 5.41) is 0. The van der Waals surface area contributed by atoms with Gasteiger partial charge >= 0.3 is 0 Å². The van der Waals surface area contributed by atoms with Gasteiger partial charge < -0.3 is 5.73 Å². The van der Waals surface area contributed by atoms with Gasteiger partial charge in [0.2, 0.25) is 0 Å². The van der Waals surface area contributed by atoms with Crippen LogP contribution in [0.25, 0.3) is 0 Å². The second kappa shape index (κ2) is 5.71. The summed E-state index contributed by atoms with van der Waals surface area (Å²) in [6.45, 7) is 7.07. The lowest BCUT2D eigenvalue weighted by molar-refractivity contribution is 0.159. The van der Waals surface area contributed by atoms with Crippen molar-refractivity contribution in [2.75, 3.05) is 13.1 Å². The lowest BCUT2D eigenvalue weighted by Gasteiger charge is -2.38. The zero-order chi connectivity index (χ0) is 12.3. The van der Waals surface area contributed by atoms with Crippen LogP contribution in [-0.2, 0) is 0 Å². The number of nitrogens with two attached hydrogens (primary N) is 1. The monoisotopic (exact) mass is 238 g/mol. The van der Waals surface area contributed by atoms with Crippen molar-refractivity contribution in [1.82, 2.24) is 4.90 Å². The first-order chi connectivity index (χ1) is 8.09. The molecule has 2 nitrogen and oxygen atoms in total. The molecule has 2 fully saturated rings. The van der Waals surface area contributed by atoms with E-state index in [4.69, 9.17) is 5.73 Å². The fourth-order valence-electron chi connectivity index (χ4n) is 3.07. The lowest BCUT2D eigenvalue weighted by Crippen LogP contribution is -2.52. The first-order valence-electron chi connectivity index (χ1n) is 7.62. The predicted octanol–water partition coefficient (Wildman–Crippen LogP) is 3.16. The fraction of sp³-hybridized carbons (Fsp3) is 1.00. The summed E-state index contributed by atoms with van der Waals surface area (Å²) in [5.74, 6) is 0.816. The van der Waals surface area contributed by atoms with Crippen molar-refractivity contribution in [3.05, 3.63) is 0 Å². The average molecular weight is 238 g/mol. The molecule has 2 saturated carbocycles. The molecule has 2 heteroatoms. The summed E-state index contributed by atoms with van der Waals surface area (Å²) < 4.78 is 0. The molecule has 2 rings (SSSR count). The van der Waals surface area contributed by atoms with Crippen molar-refractivity contribution < 1.29 is 0 Å². The normalized spacial score (nSPS) is 24.5. The third kappa shape index (κ3) is 4.26. The van der Waals surface area contributed by atoms with Crippen molar-refractivity contribution in [3.63, 3.8) is 0 Å². The van der Waals surface area contributed by atoms with Crippen LogP contribution in [0.1, 0.15) is 65.2 Å². The molecule has 0 unspecified atom stereocenters. The molecular formula is C15H30N2. The topological polar surface area (TPSA) is 29.3 Å². The maximum atomic E-state index is 6.59. The molecule has 2 aliphatic carbocycles. The Labute approximate surface area is 107 Å². The van der Waals surface area contributed by atoms with E-state index in [9.17, 15) is 0 Å². The molecule has 2 N–H and O–H groups in total. The van der Waals surface area contributed by atoms with Crippen molar-refractivity contribution in [2.45, 2.75) is 76.8 Å². The molecule has 100 valence electrons.